The number of rotatable bonds is 3. The molecule has 0 atom stereocenters. The average molecular weight is 290 g/mol. The maximum atomic E-state index is 12.4. The average Bonchev–Trinajstić information content (AvgIpc) is 2.79. The molecule has 1 heterocycles. The van der Waals surface area contributed by atoms with Crippen LogP contribution in [-0.2, 0) is 11.9 Å². The fourth-order valence-electron chi connectivity index (χ4n) is 1.32. The van der Waals surface area contributed by atoms with E-state index in [0.717, 1.165) is 17.1 Å². The van der Waals surface area contributed by atoms with E-state index in [1.165, 1.54) is 29.2 Å². The largest absolute Gasteiger partial charge is 0.416 e. The molecule has 0 radical (unpaired) electrons. The summed E-state index contributed by atoms with van der Waals surface area (Å²) in [5, 5.41) is 2.77. The number of anilines is 1. The number of hydrogen-bond acceptors (Lipinski definition) is 4. The summed E-state index contributed by atoms with van der Waals surface area (Å²) >= 11 is 2.88. The van der Waals surface area contributed by atoms with E-state index in [2.05, 4.69) is 4.98 Å². The maximum Gasteiger partial charge on any atom is 0.416 e. The lowest BCUT2D eigenvalue weighted by Gasteiger charge is -2.10. The number of thioether (sulfide) groups is 1. The molecular formula is C11H9F3N2S2. The highest BCUT2D eigenvalue weighted by atomic mass is 32.2. The van der Waals surface area contributed by atoms with Gasteiger partial charge in [-0.25, -0.2) is 4.98 Å². The van der Waals surface area contributed by atoms with Gasteiger partial charge in [-0.05, 0) is 18.2 Å². The quantitative estimate of drug-likeness (QED) is 0.685. The van der Waals surface area contributed by atoms with Crippen LogP contribution in [0.3, 0.4) is 0 Å². The number of halogens is 3. The molecule has 0 fully saturated rings. The number of hydrogen-bond donors (Lipinski definition) is 1. The molecule has 0 saturated carbocycles. The fourth-order valence-corrected chi connectivity index (χ4v) is 2.91. The molecule has 0 aliphatic rings. The van der Waals surface area contributed by atoms with E-state index in [1.54, 1.807) is 6.20 Å². The number of thiazole rings is 1. The van der Waals surface area contributed by atoms with Crippen molar-refractivity contribution in [2.45, 2.75) is 16.8 Å². The summed E-state index contributed by atoms with van der Waals surface area (Å²) in [6, 6.07) is 3.40. The summed E-state index contributed by atoms with van der Waals surface area (Å²) in [6.07, 6.45) is -2.66. The van der Waals surface area contributed by atoms with Crippen LogP contribution in [0.25, 0.3) is 0 Å². The van der Waals surface area contributed by atoms with E-state index in [9.17, 15) is 13.2 Å². The topological polar surface area (TPSA) is 38.9 Å². The Morgan fingerprint density at radius 2 is 2.11 bits per heavy atom. The zero-order valence-corrected chi connectivity index (χ0v) is 10.7. The lowest BCUT2D eigenvalue weighted by molar-refractivity contribution is -0.137. The van der Waals surface area contributed by atoms with E-state index in [4.69, 9.17) is 5.73 Å². The first-order chi connectivity index (χ1) is 8.47. The van der Waals surface area contributed by atoms with Gasteiger partial charge in [0.05, 0.1) is 11.3 Å². The number of nitrogen functional groups attached to an aromatic ring is 1. The zero-order valence-electron chi connectivity index (χ0n) is 9.07. The smallest absolute Gasteiger partial charge is 0.398 e. The lowest BCUT2D eigenvalue weighted by atomic mass is 10.2. The van der Waals surface area contributed by atoms with Gasteiger partial charge < -0.3 is 5.73 Å². The van der Waals surface area contributed by atoms with Crippen LogP contribution < -0.4 is 5.73 Å². The molecule has 2 N–H and O–H groups in total. The standard InChI is InChI=1S/C11H9F3N2S2/c12-11(13,14)7-1-2-9(8(15)5-7)18-6-10-16-3-4-17-10/h1-5H,6,15H2. The van der Waals surface area contributed by atoms with E-state index in [-0.39, 0.29) is 5.69 Å². The Hall–Kier alpha value is -1.21. The third kappa shape index (κ3) is 3.17. The Morgan fingerprint density at radius 3 is 2.67 bits per heavy atom. The Balaban J connectivity index is 2.10. The van der Waals surface area contributed by atoms with Crippen LogP contribution in [0, 0.1) is 0 Å². The number of aromatic nitrogens is 1. The second-order valence-electron chi connectivity index (χ2n) is 3.46. The zero-order chi connectivity index (χ0) is 13.2. The van der Waals surface area contributed by atoms with Gasteiger partial charge in [-0.15, -0.1) is 23.1 Å². The van der Waals surface area contributed by atoms with E-state index in [1.807, 2.05) is 5.38 Å². The minimum Gasteiger partial charge on any atom is -0.398 e. The minimum absolute atomic E-state index is 0.145. The molecule has 0 amide bonds. The van der Waals surface area contributed by atoms with Crippen molar-refractivity contribution in [3.8, 4) is 0 Å². The number of alkyl halides is 3. The van der Waals surface area contributed by atoms with Gasteiger partial charge in [-0.2, -0.15) is 13.2 Å². The van der Waals surface area contributed by atoms with Gasteiger partial charge in [0, 0.05) is 22.2 Å². The molecule has 18 heavy (non-hydrogen) atoms. The van der Waals surface area contributed by atoms with Gasteiger partial charge >= 0.3 is 6.18 Å². The Labute approximate surface area is 110 Å². The molecule has 1 aromatic heterocycles. The molecule has 0 unspecified atom stereocenters. The van der Waals surface area contributed by atoms with Crippen molar-refractivity contribution in [2.75, 3.05) is 5.73 Å². The molecule has 2 rings (SSSR count). The fraction of sp³-hybridized carbons (Fsp3) is 0.182. The van der Waals surface area contributed by atoms with E-state index < -0.39 is 11.7 Å². The predicted octanol–water partition coefficient (Wildman–Crippen LogP) is 4.04. The molecule has 1 aromatic carbocycles. The van der Waals surface area contributed by atoms with Crippen LogP contribution in [0.2, 0.25) is 0 Å². The third-order valence-corrected chi connectivity index (χ3v) is 4.23. The highest BCUT2D eigenvalue weighted by Gasteiger charge is 2.30. The first-order valence-corrected chi connectivity index (χ1v) is 6.81. The molecule has 96 valence electrons. The van der Waals surface area contributed by atoms with Crippen molar-refractivity contribution in [3.63, 3.8) is 0 Å². The van der Waals surface area contributed by atoms with Crippen molar-refractivity contribution in [3.05, 3.63) is 40.3 Å². The Kier molecular flexibility index (Phi) is 3.82. The number of benzene rings is 1. The summed E-state index contributed by atoms with van der Waals surface area (Å²) in [5.74, 6) is 0.604. The summed E-state index contributed by atoms with van der Waals surface area (Å²) in [6.45, 7) is 0. The van der Waals surface area contributed by atoms with Gasteiger partial charge in [-0.1, -0.05) is 0 Å². The lowest BCUT2D eigenvalue weighted by Crippen LogP contribution is -2.05. The predicted molar refractivity (Wildman–Crippen MR) is 67.5 cm³/mol. The number of nitrogens with two attached hydrogens (primary N) is 1. The summed E-state index contributed by atoms with van der Waals surface area (Å²) in [4.78, 5) is 4.73. The number of nitrogens with zero attached hydrogens (tertiary/aromatic N) is 1. The first kappa shape index (κ1) is 13.2. The van der Waals surface area contributed by atoms with Crippen LogP contribution in [0.15, 0.2) is 34.7 Å². The first-order valence-electron chi connectivity index (χ1n) is 4.94. The molecule has 0 saturated heterocycles. The van der Waals surface area contributed by atoms with Crippen LogP contribution in [0.5, 0.6) is 0 Å². The second-order valence-corrected chi connectivity index (χ2v) is 5.46. The summed E-state index contributed by atoms with van der Waals surface area (Å²) in [5.41, 5.74) is 5.04. The third-order valence-electron chi connectivity index (χ3n) is 2.17. The molecule has 0 aliphatic carbocycles. The SMILES string of the molecule is Nc1cc(C(F)(F)F)ccc1SCc1nccs1. The van der Waals surface area contributed by atoms with Gasteiger partial charge in [0.25, 0.3) is 0 Å². The molecule has 0 aliphatic heterocycles. The monoisotopic (exact) mass is 290 g/mol. The van der Waals surface area contributed by atoms with Crippen molar-refractivity contribution in [1.29, 1.82) is 0 Å². The molecule has 0 spiro atoms. The van der Waals surface area contributed by atoms with Crippen molar-refractivity contribution in [2.24, 2.45) is 0 Å². The van der Waals surface area contributed by atoms with E-state index in [0.29, 0.717) is 10.6 Å². The van der Waals surface area contributed by atoms with Crippen LogP contribution >= 0.6 is 23.1 Å². The van der Waals surface area contributed by atoms with Crippen LogP contribution in [-0.4, -0.2) is 4.98 Å². The van der Waals surface area contributed by atoms with Crippen LogP contribution in [0.1, 0.15) is 10.6 Å². The Morgan fingerprint density at radius 1 is 1.33 bits per heavy atom. The van der Waals surface area contributed by atoms with Gasteiger partial charge in [0.1, 0.15) is 5.01 Å². The Bertz CT molecular complexity index is 524. The minimum atomic E-state index is -4.35. The summed E-state index contributed by atoms with van der Waals surface area (Å²) < 4.78 is 37.3. The van der Waals surface area contributed by atoms with Crippen molar-refractivity contribution < 1.29 is 13.2 Å². The van der Waals surface area contributed by atoms with Crippen LogP contribution in [0.4, 0.5) is 18.9 Å². The molecular weight excluding hydrogens is 281 g/mol. The molecule has 2 aromatic rings. The molecule has 7 heteroatoms. The van der Waals surface area contributed by atoms with Crippen molar-refractivity contribution >= 4 is 28.8 Å². The highest BCUT2D eigenvalue weighted by molar-refractivity contribution is 7.98. The van der Waals surface area contributed by atoms with Gasteiger partial charge in [0.15, 0.2) is 0 Å². The van der Waals surface area contributed by atoms with Crippen molar-refractivity contribution in [1.82, 2.24) is 4.98 Å². The van der Waals surface area contributed by atoms with Gasteiger partial charge in [-0.3, -0.25) is 0 Å². The molecule has 2 nitrogen and oxygen atoms in total. The normalized spacial score (nSPS) is 11.7. The summed E-state index contributed by atoms with van der Waals surface area (Å²) in [7, 11) is 0. The van der Waals surface area contributed by atoms with Gasteiger partial charge in [0.2, 0.25) is 0 Å². The maximum absolute atomic E-state index is 12.4. The molecule has 0 bridgehead atoms. The highest BCUT2D eigenvalue weighted by Crippen LogP contribution is 2.35. The van der Waals surface area contributed by atoms with E-state index >= 15 is 0 Å². The second kappa shape index (κ2) is 5.19.